The van der Waals surface area contributed by atoms with E-state index in [2.05, 4.69) is 26.0 Å². The molecule has 21 heavy (non-hydrogen) atoms. The summed E-state index contributed by atoms with van der Waals surface area (Å²) in [4.78, 5) is 0. The number of aliphatic hydroxyl groups excluding tert-OH is 1. The van der Waals surface area contributed by atoms with Crippen molar-refractivity contribution in [1.29, 1.82) is 0 Å². The summed E-state index contributed by atoms with van der Waals surface area (Å²) < 4.78 is 0. The van der Waals surface area contributed by atoms with Gasteiger partial charge in [-0.25, -0.2) is 0 Å². The van der Waals surface area contributed by atoms with Crippen LogP contribution in [0.5, 0.6) is 0 Å². The number of hydrogen-bond acceptors (Lipinski definition) is 2. The molecule has 1 rings (SSSR count). The molecule has 0 aromatic heterocycles. The van der Waals surface area contributed by atoms with Crippen molar-refractivity contribution in [3.8, 4) is 0 Å². The third kappa shape index (κ3) is 6.62. The molecule has 0 saturated heterocycles. The van der Waals surface area contributed by atoms with Crippen molar-refractivity contribution in [2.24, 2.45) is 5.73 Å². The van der Waals surface area contributed by atoms with E-state index in [-0.39, 0.29) is 12.0 Å². The van der Waals surface area contributed by atoms with E-state index < -0.39 is 0 Å². The zero-order valence-corrected chi connectivity index (χ0v) is 13.9. The molecule has 2 unspecified atom stereocenters. The molecule has 0 heterocycles. The molecule has 0 fully saturated rings. The van der Waals surface area contributed by atoms with Gasteiger partial charge < -0.3 is 10.8 Å². The van der Waals surface area contributed by atoms with Gasteiger partial charge in [0.15, 0.2) is 0 Å². The van der Waals surface area contributed by atoms with E-state index in [1.165, 1.54) is 49.7 Å². The molecule has 1 aromatic carbocycles. The molecular formula is C19H33NO. The normalized spacial score (nSPS) is 14.1. The van der Waals surface area contributed by atoms with E-state index in [1.54, 1.807) is 0 Å². The van der Waals surface area contributed by atoms with E-state index in [0.29, 0.717) is 6.54 Å². The van der Waals surface area contributed by atoms with Crippen LogP contribution in [0.1, 0.15) is 75.3 Å². The lowest BCUT2D eigenvalue weighted by atomic mass is 9.87. The Hall–Kier alpha value is -0.860. The monoisotopic (exact) mass is 291 g/mol. The van der Waals surface area contributed by atoms with Crippen LogP contribution in [0.25, 0.3) is 0 Å². The molecule has 0 amide bonds. The first-order valence-corrected chi connectivity index (χ1v) is 8.64. The smallest absolute Gasteiger partial charge is 0.0621 e. The summed E-state index contributed by atoms with van der Waals surface area (Å²) in [5.74, 6) is 0.0753. The molecule has 0 radical (unpaired) electrons. The van der Waals surface area contributed by atoms with Gasteiger partial charge in [0.1, 0.15) is 0 Å². The van der Waals surface area contributed by atoms with Gasteiger partial charge in [-0.3, -0.25) is 0 Å². The average Bonchev–Trinajstić information content (AvgIpc) is 2.49. The number of hydrogen-bond donors (Lipinski definition) is 2. The second-order valence-electron chi connectivity index (χ2n) is 6.18. The van der Waals surface area contributed by atoms with Crippen molar-refractivity contribution in [1.82, 2.24) is 0 Å². The maximum Gasteiger partial charge on any atom is 0.0621 e. The maximum absolute atomic E-state index is 10.4. The van der Waals surface area contributed by atoms with Crippen LogP contribution < -0.4 is 5.73 Å². The third-order valence-electron chi connectivity index (χ3n) is 4.41. The van der Waals surface area contributed by atoms with Crippen LogP contribution in [0.4, 0.5) is 0 Å². The summed E-state index contributed by atoms with van der Waals surface area (Å²) in [7, 11) is 0. The predicted octanol–water partition coefficient (Wildman–Crippen LogP) is 4.54. The molecule has 0 aliphatic heterocycles. The number of benzene rings is 1. The third-order valence-corrected chi connectivity index (χ3v) is 4.41. The van der Waals surface area contributed by atoms with E-state index in [1.807, 2.05) is 12.1 Å². The lowest BCUT2D eigenvalue weighted by Gasteiger charge is -2.23. The fourth-order valence-corrected chi connectivity index (χ4v) is 3.01. The second-order valence-corrected chi connectivity index (χ2v) is 6.18. The van der Waals surface area contributed by atoms with Gasteiger partial charge >= 0.3 is 0 Å². The lowest BCUT2D eigenvalue weighted by Crippen LogP contribution is -2.26. The van der Waals surface area contributed by atoms with Crippen molar-refractivity contribution in [2.45, 2.75) is 77.2 Å². The quantitative estimate of drug-likeness (QED) is 0.588. The van der Waals surface area contributed by atoms with Crippen molar-refractivity contribution in [2.75, 3.05) is 6.54 Å². The number of rotatable bonds is 11. The number of unbranched alkanes of at least 4 members (excludes halogenated alkanes) is 6. The minimum absolute atomic E-state index is 0.0753. The molecule has 2 atom stereocenters. The number of aliphatic hydroxyl groups is 1. The molecule has 1 aromatic rings. The molecule has 2 nitrogen and oxygen atoms in total. The van der Waals surface area contributed by atoms with Gasteiger partial charge in [0.2, 0.25) is 0 Å². The van der Waals surface area contributed by atoms with Gasteiger partial charge in [-0.05, 0) is 24.5 Å². The zero-order valence-electron chi connectivity index (χ0n) is 13.9. The van der Waals surface area contributed by atoms with E-state index in [4.69, 9.17) is 5.73 Å². The highest BCUT2D eigenvalue weighted by Crippen LogP contribution is 2.25. The molecule has 2 heteroatoms. The largest absolute Gasteiger partial charge is 0.392 e. The highest BCUT2D eigenvalue weighted by Gasteiger charge is 2.20. The zero-order chi connectivity index (χ0) is 15.5. The molecule has 0 spiro atoms. The van der Waals surface area contributed by atoms with Crippen molar-refractivity contribution in [3.63, 3.8) is 0 Å². The average molecular weight is 291 g/mol. The van der Waals surface area contributed by atoms with E-state index >= 15 is 0 Å². The van der Waals surface area contributed by atoms with Crippen LogP contribution in [0.15, 0.2) is 24.3 Å². The Morgan fingerprint density at radius 3 is 2.24 bits per heavy atom. The lowest BCUT2D eigenvalue weighted by molar-refractivity contribution is 0.132. The first-order valence-electron chi connectivity index (χ1n) is 8.64. The van der Waals surface area contributed by atoms with Crippen molar-refractivity contribution < 1.29 is 5.11 Å². The van der Waals surface area contributed by atoms with Crippen LogP contribution in [0.3, 0.4) is 0 Å². The van der Waals surface area contributed by atoms with Crippen LogP contribution >= 0.6 is 0 Å². The highest BCUT2D eigenvalue weighted by molar-refractivity contribution is 5.30. The van der Waals surface area contributed by atoms with Crippen LogP contribution in [-0.4, -0.2) is 17.8 Å². The summed E-state index contributed by atoms with van der Waals surface area (Å²) in [6.45, 7) is 4.86. The molecule has 0 aliphatic carbocycles. The van der Waals surface area contributed by atoms with Gasteiger partial charge in [-0.1, -0.05) is 76.1 Å². The molecule has 3 N–H and O–H groups in total. The van der Waals surface area contributed by atoms with Gasteiger partial charge in [0.05, 0.1) is 6.10 Å². The predicted molar refractivity (Wildman–Crippen MR) is 91.6 cm³/mol. The SMILES string of the molecule is CCCCCCCCCC(O)C(CN)c1ccccc1C. The van der Waals surface area contributed by atoms with Crippen LogP contribution in [0.2, 0.25) is 0 Å². The minimum Gasteiger partial charge on any atom is -0.392 e. The number of aryl methyl sites for hydroxylation is 1. The molecule has 0 saturated carbocycles. The Balaban J connectivity index is 2.32. The molecule has 0 aliphatic rings. The van der Waals surface area contributed by atoms with Crippen molar-refractivity contribution in [3.05, 3.63) is 35.4 Å². The van der Waals surface area contributed by atoms with Crippen LogP contribution in [0, 0.1) is 6.92 Å². The van der Waals surface area contributed by atoms with Crippen LogP contribution in [-0.2, 0) is 0 Å². The van der Waals surface area contributed by atoms with E-state index in [9.17, 15) is 5.11 Å². The topological polar surface area (TPSA) is 46.2 Å². The van der Waals surface area contributed by atoms with Gasteiger partial charge in [0, 0.05) is 12.5 Å². The number of nitrogens with two attached hydrogens (primary N) is 1. The molecule has 0 bridgehead atoms. The summed E-state index contributed by atoms with van der Waals surface area (Å²) in [6.07, 6.45) is 9.52. The Kier molecular flexibility index (Phi) is 9.36. The molecule has 120 valence electrons. The van der Waals surface area contributed by atoms with E-state index in [0.717, 1.165) is 12.8 Å². The summed E-state index contributed by atoms with van der Waals surface area (Å²) >= 11 is 0. The Morgan fingerprint density at radius 1 is 1.00 bits per heavy atom. The van der Waals surface area contributed by atoms with Crippen molar-refractivity contribution >= 4 is 0 Å². The fraction of sp³-hybridized carbons (Fsp3) is 0.684. The summed E-state index contributed by atoms with van der Waals surface area (Å²) in [5, 5.41) is 10.4. The Morgan fingerprint density at radius 2 is 1.62 bits per heavy atom. The Bertz CT molecular complexity index is 378. The molecular weight excluding hydrogens is 258 g/mol. The highest BCUT2D eigenvalue weighted by atomic mass is 16.3. The van der Waals surface area contributed by atoms with Gasteiger partial charge in [0.25, 0.3) is 0 Å². The Labute approximate surface area is 130 Å². The first-order chi connectivity index (χ1) is 10.2. The van der Waals surface area contributed by atoms with Gasteiger partial charge in [-0.2, -0.15) is 0 Å². The maximum atomic E-state index is 10.4. The van der Waals surface area contributed by atoms with Gasteiger partial charge in [-0.15, -0.1) is 0 Å². The summed E-state index contributed by atoms with van der Waals surface area (Å²) in [6, 6.07) is 8.26. The second kappa shape index (κ2) is 10.8. The summed E-state index contributed by atoms with van der Waals surface area (Å²) in [5.41, 5.74) is 8.33. The minimum atomic E-state index is -0.313. The standard InChI is InChI=1S/C19H33NO/c1-3-4-5-6-7-8-9-14-19(21)18(15-20)17-13-11-10-12-16(17)2/h10-13,18-19,21H,3-9,14-15,20H2,1-2H3. The first kappa shape index (κ1) is 18.2. The fourth-order valence-electron chi connectivity index (χ4n) is 3.01.